The summed E-state index contributed by atoms with van der Waals surface area (Å²) < 4.78 is 7.35. The lowest BCUT2D eigenvalue weighted by Gasteiger charge is -2.40. The SMILES string of the molecule is Cc1ccc2c(c1)C(=O)OC(C)(C(=O)N1CCC(n3ccccc3=O)CC1)C2. The summed E-state index contributed by atoms with van der Waals surface area (Å²) in [6.45, 7) is 4.70. The molecule has 1 fully saturated rings. The van der Waals surface area contributed by atoms with E-state index in [1.165, 1.54) is 0 Å². The molecule has 3 heterocycles. The first-order valence-electron chi connectivity index (χ1n) is 9.67. The van der Waals surface area contributed by atoms with Gasteiger partial charge >= 0.3 is 5.97 Å². The van der Waals surface area contributed by atoms with E-state index in [0.717, 1.165) is 11.1 Å². The van der Waals surface area contributed by atoms with E-state index in [1.54, 1.807) is 34.7 Å². The number of amides is 1. The molecule has 6 nitrogen and oxygen atoms in total. The minimum absolute atomic E-state index is 0.0210. The second-order valence-electron chi connectivity index (χ2n) is 7.93. The quantitative estimate of drug-likeness (QED) is 0.751. The Balaban J connectivity index is 1.48. The maximum Gasteiger partial charge on any atom is 0.339 e. The van der Waals surface area contributed by atoms with Crippen LogP contribution in [0.4, 0.5) is 0 Å². The van der Waals surface area contributed by atoms with Crippen molar-refractivity contribution in [3.63, 3.8) is 0 Å². The van der Waals surface area contributed by atoms with E-state index in [-0.39, 0.29) is 17.5 Å². The van der Waals surface area contributed by atoms with E-state index in [0.29, 0.717) is 37.9 Å². The van der Waals surface area contributed by atoms with Crippen LogP contribution in [0, 0.1) is 6.92 Å². The highest BCUT2D eigenvalue weighted by molar-refractivity contribution is 5.97. The summed E-state index contributed by atoms with van der Waals surface area (Å²) in [5.41, 5.74) is 1.18. The minimum Gasteiger partial charge on any atom is -0.445 e. The number of nitrogens with zero attached hydrogens (tertiary/aromatic N) is 2. The molecule has 4 rings (SSSR count). The molecule has 6 heteroatoms. The summed E-state index contributed by atoms with van der Waals surface area (Å²) in [7, 11) is 0. The molecule has 2 aliphatic heterocycles. The number of hydrogen-bond acceptors (Lipinski definition) is 4. The van der Waals surface area contributed by atoms with E-state index in [9.17, 15) is 14.4 Å². The third-order valence-electron chi connectivity index (χ3n) is 5.78. The number of rotatable bonds is 2. The van der Waals surface area contributed by atoms with Gasteiger partial charge in [-0.3, -0.25) is 9.59 Å². The number of ether oxygens (including phenoxy) is 1. The third kappa shape index (κ3) is 3.23. The Labute approximate surface area is 163 Å². The van der Waals surface area contributed by atoms with Crippen molar-refractivity contribution in [2.75, 3.05) is 13.1 Å². The van der Waals surface area contributed by atoms with Crippen LogP contribution < -0.4 is 5.56 Å². The number of pyridine rings is 1. The van der Waals surface area contributed by atoms with Gasteiger partial charge in [-0.25, -0.2) is 4.79 Å². The molecular weight excluding hydrogens is 356 g/mol. The lowest BCUT2D eigenvalue weighted by atomic mass is 9.87. The van der Waals surface area contributed by atoms with Crippen molar-refractivity contribution in [3.05, 3.63) is 69.6 Å². The van der Waals surface area contributed by atoms with E-state index >= 15 is 0 Å². The molecule has 0 aliphatic carbocycles. The van der Waals surface area contributed by atoms with Crippen LogP contribution >= 0.6 is 0 Å². The predicted octanol–water partition coefficient (Wildman–Crippen LogP) is 2.49. The van der Waals surface area contributed by atoms with Gasteiger partial charge < -0.3 is 14.2 Å². The number of hydrogen-bond donors (Lipinski definition) is 0. The number of aryl methyl sites for hydroxylation is 1. The van der Waals surface area contributed by atoms with Crippen molar-refractivity contribution < 1.29 is 14.3 Å². The topological polar surface area (TPSA) is 68.6 Å². The number of piperidine rings is 1. The van der Waals surface area contributed by atoms with E-state index < -0.39 is 11.6 Å². The Hall–Kier alpha value is -2.89. The standard InChI is InChI=1S/C22H24N2O4/c1-15-6-7-16-14-22(2,28-20(26)18(16)13-15)21(27)23-11-8-17(9-12-23)24-10-4-3-5-19(24)25/h3-7,10,13,17H,8-9,11-12,14H2,1-2H3. The van der Waals surface area contributed by atoms with Gasteiger partial charge in [0.15, 0.2) is 5.60 Å². The summed E-state index contributed by atoms with van der Waals surface area (Å²) >= 11 is 0. The average molecular weight is 380 g/mol. The van der Waals surface area contributed by atoms with Crippen molar-refractivity contribution in [1.29, 1.82) is 0 Å². The molecule has 146 valence electrons. The lowest BCUT2D eigenvalue weighted by molar-refractivity contribution is -0.152. The van der Waals surface area contributed by atoms with Crippen molar-refractivity contribution in [2.24, 2.45) is 0 Å². The molecule has 1 atom stereocenters. The highest BCUT2D eigenvalue weighted by Crippen LogP contribution is 2.32. The van der Waals surface area contributed by atoms with Crippen LogP contribution in [-0.4, -0.2) is 40.0 Å². The molecule has 1 aromatic carbocycles. The Kier molecular flexibility index (Phi) is 4.57. The maximum atomic E-state index is 13.2. The zero-order chi connectivity index (χ0) is 19.9. The zero-order valence-electron chi connectivity index (χ0n) is 16.2. The lowest BCUT2D eigenvalue weighted by Crippen LogP contribution is -2.55. The molecular formula is C22H24N2O4. The van der Waals surface area contributed by atoms with Gasteiger partial charge in [0.2, 0.25) is 0 Å². The van der Waals surface area contributed by atoms with Gasteiger partial charge in [0.25, 0.3) is 11.5 Å². The normalized spacial score (nSPS) is 22.5. The smallest absolute Gasteiger partial charge is 0.339 e. The molecule has 0 spiro atoms. The largest absolute Gasteiger partial charge is 0.445 e. The fraction of sp³-hybridized carbons (Fsp3) is 0.409. The number of fused-ring (bicyclic) bond motifs is 1. The van der Waals surface area contributed by atoms with Crippen LogP contribution in [0.1, 0.15) is 47.3 Å². The fourth-order valence-electron chi connectivity index (χ4n) is 4.24. The molecule has 1 unspecified atom stereocenters. The fourth-order valence-corrected chi connectivity index (χ4v) is 4.24. The van der Waals surface area contributed by atoms with Crippen molar-refractivity contribution in [3.8, 4) is 0 Å². The van der Waals surface area contributed by atoms with Crippen molar-refractivity contribution in [2.45, 2.75) is 44.8 Å². The van der Waals surface area contributed by atoms with Gasteiger partial charge in [-0.15, -0.1) is 0 Å². The highest BCUT2D eigenvalue weighted by atomic mass is 16.6. The van der Waals surface area contributed by atoms with Crippen molar-refractivity contribution >= 4 is 11.9 Å². The summed E-state index contributed by atoms with van der Waals surface area (Å²) in [6.07, 6.45) is 3.59. The number of likely N-dealkylation sites (tertiary alicyclic amines) is 1. The molecule has 0 radical (unpaired) electrons. The summed E-state index contributed by atoms with van der Waals surface area (Å²) in [5.74, 6) is -0.600. The molecule has 1 amide bonds. The van der Waals surface area contributed by atoms with Crippen LogP contribution in [-0.2, 0) is 16.0 Å². The number of esters is 1. The number of cyclic esters (lactones) is 1. The van der Waals surface area contributed by atoms with Crippen LogP contribution in [0.2, 0.25) is 0 Å². The first-order chi connectivity index (χ1) is 13.4. The van der Waals surface area contributed by atoms with E-state index in [4.69, 9.17) is 4.74 Å². The Bertz CT molecular complexity index is 988. The monoisotopic (exact) mass is 380 g/mol. The third-order valence-corrected chi connectivity index (χ3v) is 5.78. The molecule has 0 bridgehead atoms. The zero-order valence-corrected chi connectivity index (χ0v) is 16.2. The second kappa shape index (κ2) is 6.93. The number of aromatic nitrogens is 1. The predicted molar refractivity (Wildman–Crippen MR) is 104 cm³/mol. The van der Waals surface area contributed by atoms with Crippen LogP contribution in [0.25, 0.3) is 0 Å². The molecule has 28 heavy (non-hydrogen) atoms. The molecule has 2 aliphatic rings. The Morgan fingerprint density at radius 2 is 1.89 bits per heavy atom. The molecule has 0 saturated carbocycles. The summed E-state index contributed by atoms with van der Waals surface area (Å²) in [6, 6.07) is 10.9. The van der Waals surface area contributed by atoms with Gasteiger partial charge in [-0.1, -0.05) is 23.8 Å². The molecule has 0 N–H and O–H groups in total. The van der Waals surface area contributed by atoms with Gasteiger partial charge in [-0.2, -0.15) is 0 Å². The van der Waals surface area contributed by atoms with Gasteiger partial charge in [0.05, 0.1) is 5.56 Å². The second-order valence-corrected chi connectivity index (χ2v) is 7.93. The van der Waals surface area contributed by atoms with Gasteiger partial charge in [-0.05, 0) is 44.4 Å². The number of carbonyl (C=O) groups excluding carboxylic acids is 2. The number of carbonyl (C=O) groups is 2. The average Bonchev–Trinajstić information content (AvgIpc) is 2.69. The van der Waals surface area contributed by atoms with Crippen LogP contribution in [0.5, 0.6) is 0 Å². The highest BCUT2D eigenvalue weighted by Gasteiger charge is 2.45. The summed E-state index contributed by atoms with van der Waals surface area (Å²) in [5, 5.41) is 0. The first-order valence-corrected chi connectivity index (χ1v) is 9.67. The van der Waals surface area contributed by atoms with Crippen molar-refractivity contribution in [1.82, 2.24) is 9.47 Å². The first kappa shape index (κ1) is 18.5. The van der Waals surface area contributed by atoms with E-state index in [1.807, 2.05) is 31.2 Å². The van der Waals surface area contributed by atoms with Gasteiger partial charge in [0, 0.05) is 37.8 Å². The van der Waals surface area contributed by atoms with Crippen LogP contribution in [0.3, 0.4) is 0 Å². The Morgan fingerprint density at radius 1 is 1.14 bits per heavy atom. The summed E-state index contributed by atoms with van der Waals surface area (Å²) in [4.78, 5) is 39.5. The van der Waals surface area contributed by atoms with E-state index in [2.05, 4.69) is 0 Å². The Morgan fingerprint density at radius 3 is 2.61 bits per heavy atom. The molecule has 1 aromatic heterocycles. The minimum atomic E-state index is -1.18. The molecule has 2 aromatic rings. The van der Waals surface area contributed by atoms with Gasteiger partial charge in [0.1, 0.15) is 0 Å². The number of benzene rings is 1. The maximum absolute atomic E-state index is 13.2. The molecule has 1 saturated heterocycles. The van der Waals surface area contributed by atoms with Crippen LogP contribution in [0.15, 0.2) is 47.4 Å².